The fraction of sp³-hybridized carbons (Fsp3) is 0.400. The first-order chi connectivity index (χ1) is 15.9. The molecular formula is C25H24Cl2N4OS. The number of para-hydroxylation sites is 1. The Balaban J connectivity index is 1.28. The molecule has 0 saturated heterocycles. The van der Waals surface area contributed by atoms with Gasteiger partial charge in [-0.1, -0.05) is 35.5 Å². The van der Waals surface area contributed by atoms with Gasteiger partial charge in [-0.3, -0.25) is 4.79 Å². The van der Waals surface area contributed by atoms with Gasteiger partial charge >= 0.3 is 0 Å². The molecule has 2 atom stereocenters. The summed E-state index contributed by atoms with van der Waals surface area (Å²) < 4.78 is 1.96. The quantitative estimate of drug-likeness (QED) is 0.426. The van der Waals surface area contributed by atoms with Crippen LogP contribution in [0.15, 0.2) is 64.6 Å². The number of amides is 1. The monoisotopic (exact) mass is 498 g/mol. The third-order valence-corrected chi connectivity index (χ3v) is 9.15. The Morgan fingerprint density at radius 3 is 2.45 bits per heavy atom. The van der Waals surface area contributed by atoms with E-state index in [1.165, 1.54) is 6.42 Å². The highest BCUT2D eigenvalue weighted by Gasteiger charge is 2.61. The van der Waals surface area contributed by atoms with Crippen LogP contribution in [0.5, 0.6) is 0 Å². The minimum atomic E-state index is -0.374. The van der Waals surface area contributed by atoms with Gasteiger partial charge in [-0.05, 0) is 98.4 Å². The predicted molar refractivity (Wildman–Crippen MR) is 131 cm³/mol. The number of halogens is 2. The third kappa shape index (κ3) is 3.86. The lowest BCUT2D eigenvalue weighted by Crippen LogP contribution is -2.60. The minimum Gasteiger partial charge on any atom is -0.325 e. The van der Waals surface area contributed by atoms with Gasteiger partial charge in [-0.2, -0.15) is 0 Å². The van der Waals surface area contributed by atoms with E-state index in [1.807, 2.05) is 53.2 Å². The van der Waals surface area contributed by atoms with E-state index in [4.69, 9.17) is 23.2 Å². The SMILES string of the molecule is O=C(Nc1ccccc1Sc1ccc(Cl)cc1)C12CC3CC(C1)CC(n1cnc(Cl)n1)(C3)C2. The first-order valence-electron chi connectivity index (χ1n) is 11.3. The van der Waals surface area contributed by atoms with E-state index in [2.05, 4.69) is 15.4 Å². The molecule has 2 aromatic carbocycles. The van der Waals surface area contributed by atoms with E-state index in [1.54, 1.807) is 18.1 Å². The van der Waals surface area contributed by atoms with Crippen LogP contribution < -0.4 is 5.32 Å². The molecule has 4 bridgehead atoms. The molecule has 1 aromatic heterocycles. The molecule has 3 aromatic rings. The number of carbonyl (C=O) groups is 1. The van der Waals surface area contributed by atoms with Crippen LogP contribution in [-0.2, 0) is 10.3 Å². The molecule has 1 N–H and O–H groups in total. The fourth-order valence-corrected chi connectivity index (χ4v) is 7.92. The van der Waals surface area contributed by atoms with Crippen LogP contribution in [0.1, 0.15) is 38.5 Å². The van der Waals surface area contributed by atoms with Crippen LogP contribution >= 0.6 is 35.0 Å². The number of carbonyl (C=O) groups excluding carboxylic acids is 1. The van der Waals surface area contributed by atoms with Crippen molar-refractivity contribution in [3.05, 3.63) is 65.2 Å². The molecular weight excluding hydrogens is 475 g/mol. The summed E-state index contributed by atoms with van der Waals surface area (Å²) in [6.45, 7) is 0. The summed E-state index contributed by atoms with van der Waals surface area (Å²) in [6.07, 6.45) is 7.77. The van der Waals surface area contributed by atoms with E-state index >= 15 is 0 Å². The Bertz CT molecular complexity index is 1200. The van der Waals surface area contributed by atoms with Gasteiger partial charge in [0.25, 0.3) is 0 Å². The number of hydrogen-bond donors (Lipinski definition) is 1. The fourth-order valence-electron chi connectivity index (χ4n) is 6.76. The Morgan fingerprint density at radius 1 is 1.03 bits per heavy atom. The third-order valence-electron chi connectivity index (χ3n) is 7.64. The standard InChI is InChI=1S/C25H24Cl2N4OS/c26-18-5-7-19(8-6-18)33-21-4-2-1-3-20(21)29-22(32)24-10-16-9-17(11-24)13-25(12-16,14-24)31-15-28-23(27)30-31/h1-8,15-17H,9-14H2,(H,29,32). The highest BCUT2D eigenvalue weighted by atomic mass is 35.5. The maximum absolute atomic E-state index is 13.9. The molecule has 4 aliphatic carbocycles. The maximum atomic E-state index is 13.9. The maximum Gasteiger partial charge on any atom is 0.242 e. The number of nitrogens with zero attached hydrogens (tertiary/aromatic N) is 3. The van der Waals surface area contributed by atoms with Crippen molar-refractivity contribution >= 4 is 46.6 Å². The Kier molecular flexibility index (Phi) is 5.24. The topological polar surface area (TPSA) is 59.8 Å². The molecule has 4 saturated carbocycles. The van der Waals surface area contributed by atoms with E-state index in [0.717, 1.165) is 47.6 Å². The van der Waals surface area contributed by atoms with Crippen molar-refractivity contribution in [1.29, 1.82) is 0 Å². The van der Waals surface area contributed by atoms with Crippen molar-refractivity contribution in [2.75, 3.05) is 5.32 Å². The summed E-state index contributed by atoms with van der Waals surface area (Å²) in [4.78, 5) is 20.2. The van der Waals surface area contributed by atoms with Crippen LogP contribution in [-0.4, -0.2) is 20.7 Å². The van der Waals surface area contributed by atoms with Crippen LogP contribution in [0.4, 0.5) is 5.69 Å². The van der Waals surface area contributed by atoms with Crippen molar-refractivity contribution in [2.45, 2.75) is 53.9 Å². The summed E-state index contributed by atoms with van der Waals surface area (Å²) in [6, 6.07) is 15.8. The number of anilines is 1. The first kappa shape index (κ1) is 21.5. The second kappa shape index (κ2) is 8.03. The summed E-state index contributed by atoms with van der Waals surface area (Å²) in [5.41, 5.74) is 0.329. The number of nitrogens with one attached hydrogen (secondary N) is 1. The first-order valence-corrected chi connectivity index (χ1v) is 12.9. The van der Waals surface area contributed by atoms with Gasteiger partial charge in [0.1, 0.15) is 6.33 Å². The van der Waals surface area contributed by atoms with E-state index in [0.29, 0.717) is 16.9 Å². The van der Waals surface area contributed by atoms with Gasteiger partial charge in [-0.15, -0.1) is 5.10 Å². The molecule has 1 heterocycles. The molecule has 7 rings (SSSR count). The zero-order valence-corrected chi connectivity index (χ0v) is 20.3. The largest absolute Gasteiger partial charge is 0.325 e. The van der Waals surface area contributed by atoms with Crippen molar-refractivity contribution < 1.29 is 4.79 Å². The van der Waals surface area contributed by atoms with Crippen molar-refractivity contribution in [1.82, 2.24) is 14.8 Å². The summed E-state index contributed by atoms with van der Waals surface area (Å²) in [7, 11) is 0. The minimum absolute atomic E-state index is 0.136. The lowest BCUT2D eigenvalue weighted by molar-refractivity contribution is -0.150. The smallest absolute Gasteiger partial charge is 0.242 e. The molecule has 5 nitrogen and oxygen atoms in total. The van der Waals surface area contributed by atoms with Crippen LogP contribution in [0.25, 0.3) is 0 Å². The van der Waals surface area contributed by atoms with Crippen molar-refractivity contribution in [3.8, 4) is 0 Å². The number of hydrogen-bond acceptors (Lipinski definition) is 4. The van der Waals surface area contributed by atoms with Crippen LogP contribution in [0, 0.1) is 17.3 Å². The summed E-state index contributed by atoms with van der Waals surface area (Å²) in [5, 5.41) is 8.77. The van der Waals surface area contributed by atoms with Gasteiger partial charge < -0.3 is 5.32 Å². The zero-order chi connectivity index (χ0) is 22.6. The molecule has 4 aliphatic rings. The van der Waals surface area contributed by atoms with Crippen molar-refractivity contribution in [3.63, 3.8) is 0 Å². The van der Waals surface area contributed by atoms with E-state index < -0.39 is 0 Å². The molecule has 0 spiro atoms. The predicted octanol–water partition coefficient (Wildman–Crippen LogP) is 6.67. The van der Waals surface area contributed by atoms with Gasteiger partial charge in [0.2, 0.25) is 11.2 Å². The molecule has 1 amide bonds. The number of aromatic nitrogens is 3. The average molecular weight is 499 g/mol. The number of rotatable bonds is 5. The second-order valence-corrected chi connectivity index (χ2v) is 11.8. The Morgan fingerprint density at radius 2 is 1.76 bits per heavy atom. The van der Waals surface area contributed by atoms with Crippen molar-refractivity contribution in [2.24, 2.45) is 17.3 Å². The molecule has 0 aliphatic heterocycles. The summed E-state index contributed by atoms with van der Waals surface area (Å²) >= 11 is 13.7. The molecule has 170 valence electrons. The van der Waals surface area contributed by atoms with Gasteiger partial charge in [-0.25, -0.2) is 9.67 Å². The zero-order valence-electron chi connectivity index (χ0n) is 18.0. The molecule has 8 heteroatoms. The Hall–Kier alpha value is -2.02. The van der Waals surface area contributed by atoms with Gasteiger partial charge in [0.05, 0.1) is 16.6 Å². The average Bonchev–Trinajstić information content (AvgIpc) is 3.23. The Labute approximate surface area is 207 Å². The summed E-state index contributed by atoms with van der Waals surface area (Å²) in [5.74, 6) is 1.22. The molecule has 2 unspecified atom stereocenters. The number of benzene rings is 2. The molecule has 4 fully saturated rings. The van der Waals surface area contributed by atoms with E-state index in [9.17, 15) is 4.79 Å². The molecule has 33 heavy (non-hydrogen) atoms. The highest BCUT2D eigenvalue weighted by molar-refractivity contribution is 7.99. The normalized spacial score (nSPS) is 29.9. The van der Waals surface area contributed by atoms with Crippen LogP contribution in [0.2, 0.25) is 10.3 Å². The lowest BCUT2D eigenvalue weighted by atomic mass is 9.46. The van der Waals surface area contributed by atoms with Gasteiger partial charge in [0.15, 0.2) is 0 Å². The van der Waals surface area contributed by atoms with E-state index in [-0.39, 0.29) is 22.1 Å². The highest BCUT2D eigenvalue weighted by Crippen LogP contribution is 2.64. The van der Waals surface area contributed by atoms with Gasteiger partial charge in [0, 0.05) is 14.8 Å². The molecule has 0 radical (unpaired) electrons. The lowest BCUT2D eigenvalue weighted by Gasteiger charge is -2.60. The van der Waals surface area contributed by atoms with Crippen LogP contribution in [0.3, 0.4) is 0 Å². The second-order valence-electron chi connectivity index (χ2n) is 9.93.